The van der Waals surface area contributed by atoms with Crippen LogP contribution < -0.4 is 25.0 Å². The van der Waals surface area contributed by atoms with E-state index in [1.165, 1.54) is 12.3 Å². The quantitative estimate of drug-likeness (QED) is 0.210. The zero-order valence-corrected chi connectivity index (χ0v) is 23.5. The van der Waals surface area contributed by atoms with E-state index in [0.29, 0.717) is 41.0 Å². The lowest BCUT2D eigenvalue weighted by atomic mass is 10.1. The summed E-state index contributed by atoms with van der Waals surface area (Å²) in [6, 6.07) is 18.5. The van der Waals surface area contributed by atoms with Crippen LogP contribution in [-0.2, 0) is 16.0 Å². The van der Waals surface area contributed by atoms with Gasteiger partial charge >= 0.3 is 0 Å². The van der Waals surface area contributed by atoms with Crippen LogP contribution in [0.5, 0.6) is 17.2 Å². The first-order valence-corrected chi connectivity index (χ1v) is 13.2. The highest BCUT2D eigenvalue weighted by molar-refractivity contribution is 6.35. The summed E-state index contributed by atoms with van der Waals surface area (Å²) >= 11 is 12.1. The van der Waals surface area contributed by atoms with Crippen LogP contribution in [0.3, 0.4) is 0 Å². The van der Waals surface area contributed by atoms with E-state index in [1.54, 1.807) is 37.3 Å². The van der Waals surface area contributed by atoms with Crippen molar-refractivity contribution in [3.8, 4) is 17.2 Å². The average molecular weight is 572 g/mol. The number of hydrazone groups is 1. The van der Waals surface area contributed by atoms with Gasteiger partial charge in [-0.05, 0) is 68.3 Å². The highest BCUT2D eigenvalue weighted by Gasteiger charge is 2.25. The molecule has 0 bridgehead atoms. The van der Waals surface area contributed by atoms with E-state index in [2.05, 4.69) is 15.8 Å². The maximum atomic E-state index is 13.1. The molecule has 0 aromatic heterocycles. The van der Waals surface area contributed by atoms with Gasteiger partial charge in [0.2, 0.25) is 0 Å². The number of hydrogen-bond donors (Lipinski definition) is 2. The number of rotatable bonds is 13. The van der Waals surface area contributed by atoms with E-state index < -0.39 is 24.0 Å². The number of nitrogens with one attached hydrogen (secondary N) is 2. The van der Waals surface area contributed by atoms with Crippen molar-refractivity contribution in [2.24, 2.45) is 5.10 Å². The molecule has 206 valence electrons. The van der Waals surface area contributed by atoms with Gasteiger partial charge in [-0.1, -0.05) is 53.5 Å². The lowest BCUT2D eigenvalue weighted by molar-refractivity contribution is -0.132. The summed E-state index contributed by atoms with van der Waals surface area (Å²) in [5, 5.41) is 7.57. The molecule has 0 aliphatic rings. The van der Waals surface area contributed by atoms with E-state index in [9.17, 15) is 9.59 Å². The molecule has 8 nitrogen and oxygen atoms in total. The molecule has 39 heavy (non-hydrogen) atoms. The van der Waals surface area contributed by atoms with Gasteiger partial charge in [0.15, 0.2) is 17.6 Å². The molecule has 3 aromatic carbocycles. The van der Waals surface area contributed by atoms with Gasteiger partial charge in [0.05, 0.1) is 24.5 Å². The molecule has 0 saturated carbocycles. The molecule has 0 fully saturated rings. The molecule has 3 rings (SSSR count). The summed E-state index contributed by atoms with van der Waals surface area (Å²) in [5.74, 6) is 0.533. The molecule has 3 aromatic rings. The minimum absolute atomic E-state index is 0.250. The van der Waals surface area contributed by atoms with Gasteiger partial charge in [0.25, 0.3) is 11.8 Å². The zero-order chi connectivity index (χ0) is 28.2. The van der Waals surface area contributed by atoms with Crippen LogP contribution in [0.1, 0.15) is 31.9 Å². The molecule has 10 heteroatoms. The molecular formula is C29H31Cl2N3O5. The van der Waals surface area contributed by atoms with Gasteiger partial charge in [-0.2, -0.15) is 5.10 Å². The van der Waals surface area contributed by atoms with Crippen molar-refractivity contribution in [3.63, 3.8) is 0 Å². The van der Waals surface area contributed by atoms with Gasteiger partial charge in [-0.15, -0.1) is 0 Å². The first kappa shape index (κ1) is 29.8. The number of amides is 2. The Labute approximate surface area is 238 Å². The highest BCUT2D eigenvalue weighted by Crippen LogP contribution is 2.29. The van der Waals surface area contributed by atoms with Crippen LogP contribution in [0.4, 0.5) is 0 Å². The maximum absolute atomic E-state index is 13.1. The third-order valence-electron chi connectivity index (χ3n) is 5.44. The molecule has 0 aliphatic carbocycles. The zero-order valence-electron chi connectivity index (χ0n) is 21.9. The molecule has 0 aliphatic heterocycles. The summed E-state index contributed by atoms with van der Waals surface area (Å²) in [6.45, 7) is 6.33. The summed E-state index contributed by atoms with van der Waals surface area (Å²) < 4.78 is 16.9. The van der Waals surface area contributed by atoms with E-state index in [0.717, 1.165) is 5.56 Å². The molecule has 0 spiro atoms. The third kappa shape index (κ3) is 9.19. The predicted octanol–water partition coefficient (Wildman–Crippen LogP) is 5.44. The number of carbonyl (C=O) groups is 2. The third-order valence-corrected chi connectivity index (χ3v) is 5.97. The predicted molar refractivity (Wildman–Crippen MR) is 153 cm³/mol. The normalized spacial score (nSPS) is 12.4. The summed E-state index contributed by atoms with van der Waals surface area (Å²) in [4.78, 5) is 26.1. The summed E-state index contributed by atoms with van der Waals surface area (Å²) in [6.07, 6.45) is 0.810. The van der Waals surface area contributed by atoms with E-state index in [-0.39, 0.29) is 11.4 Å². The van der Waals surface area contributed by atoms with E-state index in [1.807, 2.05) is 44.2 Å². The first-order chi connectivity index (χ1) is 18.8. The molecule has 0 unspecified atom stereocenters. The molecular weight excluding hydrogens is 541 g/mol. The topological polar surface area (TPSA) is 98.2 Å². The molecule has 2 atom stereocenters. The van der Waals surface area contributed by atoms with Crippen molar-refractivity contribution in [1.82, 2.24) is 10.7 Å². The van der Waals surface area contributed by atoms with Crippen LogP contribution >= 0.6 is 23.2 Å². The van der Waals surface area contributed by atoms with Gasteiger partial charge < -0.3 is 19.5 Å². The van der Waals surface area contributed by atoms with Gasteiger partial charge in [-0.25, -0.2) is 5.43 Å². The minimum atomic E-state index is -0.931. The van der Waals surface area contributed by atoms with Crippen molar-refractivity contribution in [2.45, 2.75) is 39.3 Å². The standard InChI is InChI=1S/C29H31Cl2N3O5/c1-4-37-26-13-11-21(16-27(26)38-5-2)18-32-34-29(36)24(15-20-9-7-6-8-10-20)33-28(35)19(3)39-25-14-12-22(30)17-23(25)31/h6-14,16-19,24H,4-5,15H2,1-3H3,(H,33,35)(H,34,36)/b32-18-/t19-,24+/m0/s1. The Balaban J connectivity index is 1.70. The number of nitrogens with zero attached hydrogens (tertiary/aromatic N) is 1. The fourth-order valence-electron chi connectivity index (χ4n) is 3.56. The summed E-state index contributed by atoms with van der Waals surface area (Å²) in [5.41, 5.74) is 4.09. The molecule has 0 radical (unpaired) electrons. The van der Waals surface area contributed by atoms with Crippen LogP contribution in [0.2, 0.25) is 10.0 Å². The van der Waals surface area contributed by atoms with E-state index >= 15 is 0 Å². The molecule has 0 heterocycles. The lowest BCUT2D eigenvalue weighted by Gasteiger charge is -2.21. The van der Waals surface area contributed by atoms with Crippen molar-refractivity contribution in [3.05, 3.63) is 87.9 Å². The van der Waals surface area contributed by atoms with Crippen molar-refractivity contribution < 1.29 is 23.8 Å². The Bertz CT molecular complexity index is 1290. The van der Waals surface area contributed by atoms with Gasteiger partial charge in [0, 0.05) is 11.4 Å². The first-order valence-electron chi connectivity index (χ1n) is 12.5. The Morgan fingerprint density at radius 2 is 1.59 bits per heavy atom. The molecule has 2 amide bonds. The Morgan fingerprint density at radius 3 is 2.28 bits per heavy atom. The van der Waals surface area contributed by atoms with Crippen LogP contribution in [0.25, 0.3) is 0 Å². The average Bonchev–Trinajstić information content (AvgIpc) is 2.92. The van der Waals surface area contributed by atoms with E-state index in [4.69, 9.17) is 37.4 Å². The SMILES string of the molecule is CCOc1ccc(/C=N\NC(=O)[C@@H](Cc2ccccc2)NC(=O)[C@H](C)Oc2ccc(Cl)cc2Cl)cc1OCC. The highest BCUT2D eigenvalue weighted by atomic mass is 35.5. The fourth-order valence-corrected chi connectivity index (χ4v) is 4.01. The largest absolute Gasteiger partial charge is 0.490 e. The monoisotopic (exact) mass is 571 g/mol. The van der Waals surface area contributed by atoms with Crippen molar-refractivity contribution >= 4 is 41.2 Å². The Hall–Kier alpha value is -3.75. The Kier molecular flexibility index (Phi) is 11.5. The fraction of sp³-hybridized carbons (Fsp3) is 0.276. The van der Waals surface area contributed by atoms with Crippen molar-refractivity contribution in [1.29, 1.82) is 0 Å². The van der Waals surface area contributed by atoms with Gasteiger partial charge in [-0.3, -0.25) is 9.59 Å². The lowest BCUT2D eigenvalue weighted by Crippen LogP contribution is -2.50. The number of halogens is 2. The minimum Gasteiger partial charge on any atom is -0.490 e. The molecule has 2 N–H and O–H groups in total. The Morgan fingerprint density at radius 1 is 0.897 bits per heavy atom. The maximum Gasteiger partial charge on any atom is 0.262 e. The second-order valence-electron chi connectivity index (χ2n) is 8.39. The second kappa shape index (κ2) is 15.0. The van der Waals surface area contributed by atoms with Crippen molar-refractivity contribution in [2.75, 3.05) is 13.2 Å². The van der Waals surface area contributed by atoms with Crippen LogP contribution in [-0.4, -0.2) is 43.4 Å². The van der Waals surface area contributed by atoms with Crippen LogP contribution in [0, 0.1) is 0 Å². The van der Waals surface area contributed by atoms with Crippen LogP contribution in [0.15, 0.2) is 71.8 Å². The number of ether oxygens (including phenoxy) is 3. The second-order valence-corrected chi connectivity index (χ2v) is 9.24. The van der Waals surface area contributed by atoms with Gasteiger partial charge in [0.1, 0.15) is 11.8 Å². The molecule has 0 saturated heterocycles. The smallest absolute Gasteiger partial charge is 0.262 e. The number of carbonyl (C=O) groups excluding carboxylic acids is 2. The number of benzene rings is 3. The number of hydrogen-bond acceptors (Lipinski definition) is 6. The summed E-state index contributed by atoms with van der Waals surface area (Å²) in [7, 11) is 0.